The van der Waals surface area contributed by atoms with Crippen LogP contribution in [0.2, 0.25) is 0 Å². The molecule has 0 spiro atoms. The monoisotopic (exact) mass is 269 g/mol. The number of nitrogens with zero attached hydrogens (tertiary/aromatic N) is 2. The maximum atomic E-state index is 5.91. The number of nitrogens with one attached hydrogen (secondary N) is 1. The van der Waals surface area contributed by atoms with Crippen molar-refractivity contribution < 1.29 is 4.74 Å². The predicted molar refractivity (Wildman–Crippen MR) is 75.0 cm³/mol. The van der Waals surface area contributed by atoms with Crippen LogP contribution in [0.15, 0.2) is 5.51 Å². The third kappa shape index (κ3) is 4.31. The number of likely N-dealkylation sites (N-methyl/N-ethyl adjacent to an activating group) is 1. The molecule has 0 aromatic carbocycles. The molecule has 0 radical (unpaired) electrons. The second-order valence-corrected chi connectivity index (χ2v) is 5.86. The van der Waals surface area contributed by atoms with E-state index in [4.69, 9.17) is 4.74 Å². The molecule has 1 N–H and O–H groups in total. The molecule has 2 heterocycles. The van der Waals surface area contributed by atoms with Crippen LogP contribution < -0.4 is 5.32 Å². The Kier molecular flexibility index (Phi) is 5.56. The van der Waals surface area contributed by atoms with Crippen LogP contribution in [0.1, 0.15) is 23.4 Å². The first-order valence-corrected chi connectivity index (χ1v) is 7.53. The number of hydrogen-bond donors (Lipinski definition) is 1. The summed E-state index contributed by atoms with van der Waals surface area (Å²) in [7, 11) is 2.14. The van der Waals surface area contributed by atoms with Gasteiger partial charge in [-0.25, -0.2) is 4.98 Å². The van der Waals surface area contributed by atoms with Gasteiger partial charge in [-0.3, -0.25) is 4.90 Å². The molecule has 18 heavy (non-hydrogen) atoms. The van der Waals surface area contributed by atoms with Gasteiger partial charge in [-0.05, 0) is 39.9 Å². The number of ether oxygens (including phenoxy) is 1. The van der Waals surface area contributed by atoms with Gasteiger partial charge in [-0.2, -0.15) is 0 Å². The average molecular weight is 269 g/mol. The van der Waals surface area contributed by atoms with Crippen molar-refractivity contribution >= 4 is 11.3 Å². The molecule has 0 aliphatic carbocycles. The van der Waals surface area contributed by atoms with Crippen LogP contribution in [0.4, 0.5) is 0 Å². The minimum atomic E-state index is 0.463. The van der Waals surface area contributed by atoms with Gasteiger partial charge in [0, 0.05) is 18.0 Å². The summed E-state index contributed by atoms with van der Waals surface area (Å²) in [6.07, 6.45) is 2.76. The fraction of sp³-hybridized carbons (Fsp3) is 0.769. The van der Waals surface area contributed by atoms with Crippen molar-refractivity contribution in [3.63, 3.8) is 0 Å². The van der Waals surface area contributed by atoms with Crippen LogP contribution in [0.25, 0.3) is 0 Å². The Labute approximate surface area is 113 Å². The summed E-state index contributed by atoms with van der Waals surface area (Å²) in [5.41, 5.74) is 3.08. The van der Waals surface area contributed by atoms with Gasteiger partial charge in [-0.15, -0.1) is 11.3 Å². The summed E-state index contributed by atoms with van der Waals surface area (Å²) in [6.45, 7) is 7.07. The first-order chi connectivity index (χ1) is 8.75. The van der Waals surface area contributed by atoms with Gasteiger partial charge in [0.05, 0.1) is 23.9 Å². The smallest absolute Gasteiger partial charge is 0.0798 e. The van der Waals surface area contributed by atoms with Crippen LogP contribution in [0, 0.1) is 6.92 Å². The first-order valence-electron chi connectivity index (χ1n) is 6.65. The number of aryl methyl sites for hydroxylation is 1. The molecule has 0 unspecified atom stereocenters. The molecule has 0 atom stereocenters. The number of hydrogen-bond acceptors (Lipinski definition) is 5. The number of piperidine rings is 1. The van der Waals surface area contributed by atoms with Crippen molar-refractivity contribution in [1.82, 2.24) is 15.2 Å². The zero-order valence-electron chi connectivity index (χ0n) is 11.3. The van der Waals surface area contributed by atoms with Gasteiger partial charge in [0.2, 0.25) is 0 Å². The number of rotatable bonds is 6. The van der Waals surface area contributed by atoms with Crippen LogP contribution in [0.5, 0.6) is 0 Å². The van der Waals surface area contributed by atoms with E-state index in [1.165, 1.54) is 4.88 Å². The second-order valence-electron chi connectivity index (χ2n) is 4.92. The Morgan fingerprint density at radius 2 is 2.28 bits per heavy atom. The molecule has 1 aromatic heterocycles. The third-order valence-corrected chi connectivity index (χ3v) is 4.29. The molecule has 1 aliphatic heterocycles. The van der Waals surface area contributed by atoms with Crippen LogP contribution in [-0.2, 0) is 11.3 Å². The molecular formula is C13H23N3OS. The van der Waals surface area contributed by atoms with Gasteiger partial charge in [0.1, 0.15) is 0 Å². The van der Waals surface area contributed by atoms with Crippen LogP contribution >= 0.6 is 11.3 Å². The molecule has 1 fully saturated rings. The number of aromatic nitrogens is 1. The van der Waals surface area contributed by atoms with E-state index < -0.39 is 0 Å². The molecular weight excluding hydrogens is 246 g/mol. The molecule has 0 saturated carbocycles. The maximum Gasteiger partial charge on any atom is 0.0798 e. The van der Waals surface area contributed by atoms with Crippen molar-refractivity contribution in [2.75, 3.05) is 33.3 Å². The van der Waals surface area contributed by atoms with Gasteiger partial charge in [0.25, 0.3) is 0 Å². The molecule has 1 aliphatic rings. The average Bonchev–Trinajstić information content (AvgIpc) is 2.76. The molecule has 1 aromatic rings. The summed E-state index contributed by atoms with van der Waals surface area (Å²) in [5, 5.41) is 3.35. The van der Waals surface area contributed by atoms with E-state index in [2.05, 4.69) is 29.2 Å². The topological polar surface area (TPSA) is 37.4 Å². The Morgan fingerprint density at radius 1 is 1.50 bits per heavy atom. The first kappa shape index (κ1) is 13.9. The van der Waals surface area contributed by atoms with Crippen LogP contribution in [-0.4, -0.2) is 49.3 Å². The summed E-state index contributed by atoms with van der Waals surface area (Å²) in [4.78, 5) is 7.94. The minimum absolute atomic E-state index is 0.463. The molecule has 5 heteroatoms. The lowest BCUT2D eigenvalue weighted by Gasteiger charge is -2.24. The van der Waals surface area contributed by atoms with Crippen molar-refractivity contribution in [3.8, 4) is 0 Å². The third-order valence-electron chi connectivity index (χ3n) is 3.37. The van der Waals surface area contributed by atoms with Crippen molar-refractivity contribution in [2.45, 2.75) is 32.4 Å². The molecule has 0 amide bonds. The fourth-order valence-electron chi connectivity index (χ4n) is 2.14. The molecule has 0 bridgehead atoms. The Hall–Kier alpha value is -0.490. The highest BCUT2D eigenvalue weighted by Crippen LogP contribution is 2.14. The quantitative estimate of drug-likeness (QED) is 0.852. The van der Waals surface area contributed by atoms with Gasteiger partial charge in [-0.1, -0.05) is 0 Å². The lowest BCUT2D eigenvalue weighted by atomic mass is 10.1. The van der Waals surface area contributed by atoms with E-state index in [1.54, 1.807) is 11.3 Å². The van der Waals surface area contributed by atoms with E-state index in [9.17, 15) is 0 Å². The van der Waals surface area contributed by atoms with Gasteiger partial charge >= 0.3 is 0 Å². The van der Waals surface area contributed by atoms with Crippen LogP contribution in [0.3, 0.4) is 0 Å². The highest BCUT2D eigenvalue weighted by Gasteiger charge is 2.13. The SMILES string of the molecule is Cc1ncsc1CN(C)CCOC1CCNCC1. The summed E-state index contributed by atoms with van der Waals surface area (Å²) in [6, 6.07) is 0. The second kappa shape index (κ2) is 7.19. The Morgan fingerprint density at radius 3 is 2.94 bits per heavy atom. The fourth-order valence-corrected chi connectivity index (χ4v) is 3.00. The van der Waals surface area contributed by atoms with E-state index in [1.807, 2.05) is 5.51 Å². The molecule has 102 valence electrons. The Balaban J connectivity index is 1.62. The minimum Gasteiger partial charge on any atom is -0.377 e. The summed E-state index contributed by atoms with van der Waals surface area (Å²) >= 11 is 1.74. The lowest BCUT2D eigenvalue weighted by Crippen LogP contribution is -2.34. The largest absolute Gasteiger partial charge is 0.377 e. The molecule has 4 nitrogen and oxygen atoms in total. The Bertz CT molecular complexity index is 350. The lowest BCUT2D eigenvalue weighted by molar-refractivity contribution is 0.0224. The predicted octanol–water partition coefficient (Wildman–Crippen LogP) is 1.65. The summed E-state index contributed by atoms with van der Waals surface area (Å²) in [5.74, 6) is 0. The molecule has 1 saturated heterocycles. The standard InChI is InChI=1S/C13H23N3OS/c1-11-13(18-10-15-11)9-16(2)7-8-17-12-3-5-14-6-4-12/h10,12,14H,3-9H2,1-2H3. The van der Waals surface area contributed by atoms with E-state index in [0.29, 0.717) is 6.10 Å². The maximum absolute atomic E-state index is 5.91. The highest BCUT2D eigenvalue weighted by atomic mass is 32.1. The molecule has 2 rings (SSSR count). The van der Waals surface area contributed by atoms with Crippen molar-refractivity contribution in [2.24, 2.45) is 0 Å². The number of thiazole rings is 1. The highest BCUT2D eigenvalue weighted by molar-refractivity contribution is 7.09. The van der Waals surface area contributed by atoms with Gasteiger partial charge < -0.3 is 10.1 Å². The van der Waals surface area contributed by atoms with E-state index in [-0.39, 0.29) is 0 Å². The van der Waals surface area contributed by atoms with Gasteiger partial charge in [0.15, 0.2) is 0 Å². The normalized spacial score (nSPS) is 17.5. The van der Waals surface area contributed by atoms with Crippen molar-refractivity contribution in [1.29, 1.82) is 0 Å². The van der Waals surface area contributed by atoms with E-state index in [0.717, 1.165) is 51.3 Å². The zero-order valence-corrected chi connectivity index (χ0v) is 12.1. The van der Waals surface area contributed by atoms with Crippen molar-refractivity contribution in [3.05, 3.63) is 16.1 Å². The zero-order chi connectivity index (χ0) is 12.8. The summed E-state index contributed by atoms with van der Waals surface area (Å²) < 4.78 is 5.91. The van der Waals surface area contributed by atoms with E-state index >= 15 is 0 Å².